The number of nitrogens with zero attached hydrogens (tertiary/aromatic N) is 3. The van der Waals surface area contributed by atoms with Gasteiger partial charge in [0.15, 0.2) is 17.5 Å². The van der Waals surface area contributed by atoms with Gasteiger partial charge in [0.1, 0.15) is 0 Å². The van der Waals surface area contributed by atoms with Gasteiger partial charge in [-0.05, 0) is 31.5 Å². The second-order valence-corrected chi connectivity index (χ2v) is 6.15. The van der Waals surface area contributed by atoms with E-state index in [4.69, 9.17) is 19.9 Å². The van der Waals surface area contributed by atoms with Crippen molar-refractivity contribution in [2.75, 3.05) is 60.2 Å². The quantitative estimate of drug-likeness (QED) is 0.559. The number of aliphatic imine (C=N–C) groups is 1. The van der Waals surface area contributed by atoms with Gasteiger partial charge in [-0.25, -0.2) is 0 Å². The highest BCUT2D eigenvalue weighted by atomic mass is 16.5. The lowest BCUT2D eigenvalue weighted by molar-refractivity contribution is 0.0179. The van der Waals surface area contributed by atoms with Gasteiger partial charge in [0, 0.05) is 26.2 Å². The zero-order valence-corrected chi connectivity index (χ0v) is 16.4. The molecule has 0 radical (unpaired) electrons. The molecule has 1 aliphatic rings. The SMILES string of the molecule is CCN(CC)C(N)=NCC(c1ccc(OC)c(OC)c1)N1CCOCC1. The fraction of sp³-hybridized carbons (Fsp3) is 0.632. The molecule has 2 rings (SSSR count). The molecule has 1 fully saturated rings. The first-order valence-corrected chi connectivity index (χ1v) is 9.23. The maximum Gasteiger partial charge on any atom is 0.191 e. The minimum Gasteiger partial charge on any atom is -0.493 e. The second kappa shape index (κ2) is 10.2. The summed E-state index contributed by atoms with van der Waals surface area (Å²) in [7, 11) is 3.30. The summed E-state index contributed by atoms with van der Waals surface area (Å²) in [6, 6.07) is 6.17. The molecule has 0 aromatic heterocycles. The number of benzene rings is 1. The Morgan fingerprint density at radius 2 is 1.85 bits per heavy atom. The molecule has 1 aromatic rings. The molecule has 0 aliphatic carbocycles. The molecule has 0 amide bonds. The molecule has 1 heterocycles. The normalized spacial score (nSPS) is 17.0. The van der Waals surface area contributed by atoms with E-state index in [1.54, 1.807) is 14.2 Å². The van der Waals surface area contributed by atoms with Crippen LogP contribution in [0.1, 0.15) is 25.5 Å². The third-order valence-electron chi connectivity index (χ3n) is 4.79. The van der Waals surface area contributed by atoms with Crippen molar-refractivity contribution in [2.24, 2.45) is 10.7 Å². The van der Waals surface area contributed by atoms with Crippen molar-refractivity contribution in [1.82, 2.24) is 9.80 Å². The first-order chi connectivity index (χ1) is 12.6. The summed E-state index contributed by atoms with van der Waals surface area (Å²) in [6.45, 7) is 9.68. The lowest BCUT2D eigenvalue weighted by atomic mass is 10.0. The van der Waals surface area contributed by atoms with E-state index < -0.39 is 0 Å². The van der Waals surface area contributed by atoms with E-state index in [1.165, 1.54) is 0 Å². The molecular formula is C19H32N4O3. The zero-order valence-electron chi connectivity index (χ0n) is 16.4. The summed E-state index contributed by atoms with van der Waals surface area (Å²) in [4.78, 5) is 9.14. The number of hydrogen-bond donors (Lipinski definition) is 1. The molecule has 1 unspecified atom stereocenters. The number of methoxy groups -OCH3 is 2. The van der Waals surface area contributed by atoms with Gasteiger partial charge < -0.3 is 24.8 Å². The Morgan fingerprint density at radius 3 is 2.42 bits per heavy atom. The van der Waals surface area contributed by atoms with Crippen molar-refractivity contribution in [2.45, 2.75) is 19.9 Å². The fourth-order valence-corrected chi connectivity index (χ4v) is 3.21. The van der Waals surface area contributed by atoms with Crippen molar-refractivity contribution in [3.8, 4) is 11.5 Å². The van der Waals surface area contributed by atoms with E-state index in [0.29, 0.717) is 12.5 Å². The minimum absolute atomic E-state index is 0.118. The third kappa shape index (κ3) is 5.02. The van der Waals surface area contributed by atoms with Crippen LogP contribution in [-0.2, 0) is 4.74 Å². The predicted molar refractivity (Wildman–Crippen MR) is 104 cm³/mol. The van der Waals surface area contributed by atoms with Crippen LogP contribution in [0.15, 0.2) is 23.2 Å². The van der Waals surface area contributed by atoms with Crippen molar-refractivity contribution in [1.29, 1.82) is 0 Å². The molecule has 1 aliphatic heterocycles. The molecule has 1 saturated heterocycles. The first kappa shape index (κ1) is 20.3. The molecule has 0 bridgehead atoms. The molecule has 2 N–H and O–H groups in total. The number of guanidine groups is 1. The number of nitrogens with two attached hydrogens (primary N) is 1. The fourth-order valence-electron chi connectivity index (χ4n) is 3.21. The highest BCUT2D eigenvalue weighted by molar-refractivity contribution is 5.78. The van der Waals surface area contributed by atoms with Gasteiger partial charge in [0.2, 0.25) is 0 Å². The molecule has 7 heteroatoms. The summed E-state index contributed by atoms with van der Waals surface area (Å²) in [6.07, 6.45) is 0. The van der Waals surface area contributed by atoms with E-state index >= 15 is 0 Å². The highest BCUT2D eigenvalue weighted by Crippen LogP contribution is 2.32. The molecule has 26 heavy (non-hydrogen) atoms. The van der Waals surface area contributed by atoms with Gasteiger partial charge in [-0.3, -0.25) is 9.89 Å². The van der Waals surface area contributed by atoms with E-state index in [9.17, 15) is 0 Å². The Kier molecular flexibility index (Phi) is 8.00. The maximum atomic E-state index is 6.18. The van der Waals surface area contributed by atoms with Crippen molar-refractivity contribution < 1.29 is 14.2 Å². The van der Waals surface area contributed by atoms with E-state index in [2.05, 4.69) is 34.7 Å². The van der Waals surface area contributed by atoms with Crippen LogP contribution in [0.2, 0.25) is 0 Å². The number of hydrogen-bond acceptors (Lipinski definition) is 5. The number of rotatable bonds is 8. The van der Waals surface area contributed by atoms with Gasteiger partial charge >= 0.3 is 0 Å². The smallest absolute Gasteiger partial charge is 0.191 e. The van der Waals surface area contributed by atoms with Crippen LogP contribution < -0.4 is 15.2 Å². The van der Waals surface area contributed by atoms with Crippen LogP contribution in [0.25, 0.3) is 0 Å². The van der Waals surface area contributed by atoms with Crippen LogP contribution in [-0.4, -0.2) is 75.9 Å². The van der Waals surface area contributed by atoms with Gasteiger partial charge in [0.05, 0.1) is 40.0 Å². The average Bonchev–Trinajstić information content (AvgIpc) is 2.69. The molecule has 0 spiro atoms. The van der Waals surface area contributed by atoms with Crippen molar-refractivity contribution in [3.05, 3.63) is 23.8 Å². The Balaban J connectivity index is 2.27. The third-order valence-corrected chi connectivity index (χ3v) is 4.79. The van der Waals surface area contributed by atoms with Crippen LogP contribution in [0, 0.1) is 0 Å². The molecule has 146 valence electrons. The standard InChI is InChI=1S/C19H32N4O3/c1-5-22(6-2)19(20)21-14-16(23-9-11-26-12-10-23)15-7-8-17(24-3)18(13-15)25-4/h7-8,13,16H,5-6,9-12,14H2,1-4H3,(H2,20,21). The molecule has 1 aromatic carbocycles. The predicted octanol–water partition coefficient (Wildman–Crippen LogP) is 1.73. The van der Waals surface area contributed by atoms with Crippen LogP contribution >= 0.6 is 0 Å². The van der Waals surface area contributed by atoms with E-state index in [1.807, 2.05) is 12.1 Å². The Bertz CT molecular complexity index is 584. The lowest BCUT2D eigenvalue weighted by Crippen LogP contribution is -2.41. The number of morpholine rings is 1. The Morgan fingerprint density at radius 1 is 1.19 bits per heavy atom. The monoisotopic (exact) mass is 364 g/mol. The highest BCUT2D eigenvalue weighted by Gasteiger charge is 2.24. The second-order valence-electron chi connectivity index (χ2n) is 6.15. The topological polar surface area (TPSA) is 72.5 Å². The lowest BCUT2D eigenvalue weighted by Gasteiger charge is -2.34. The summed E-state index contributed by atoms with van der Waals surface area (Å²) in [5.41, 5.74) is 7.32. The van der Waals surface area contributed by atoms with Crippen LogP contribution in [0.3, 0.4) is 0 Å². The maximum absolute atomic E-state index is 6.18. The molecular weight excluding hydrogens is 332 g/mol. The zero-order chi connectivity index (χ0) is 18.9. The Hall–Kier alpha value is -1.99. The van der Waals surface area contributed by atoms with Gasteiger partial charge in [-0.1, -0.05) is 6.07 Å². The average molecular weight is 364 g/mol. The number of ether oxygens (including phenoxy) is 3. The molecule has 7 nitrogen and oxygen atoms in total. The summed E-state index contributed by atoms with van der Waals surface area (Å²) in [5.74, 6) is 2.04. The van der Waals surface area contributed by atoms with Gasteiger partial charge in [-0.15, -0.1) is 0 Å². The van der Waals surface area contributed by atoms with E-state index in [0.717, 1.165) is 56.5 Å². The minimum atomic E-state index is 0.118. The Labute approximate surface area is 156 Å². The van der Waals surface area contributed by atoms with Gasteiger partial charge in [0.25, 0.3) is 0 Å². The van der Waals surface area contributed by atoms with Crippen molar-refractivity contribution >= 4 is 5.96 Å². The van der Waals surface area contributed by atoms with E-state index in [-0.39, 0.29) is 6.04 Å². The molecule has 0 saturated carbocycles. The van der Waals surface area contributed by atoms with Crippen LogP contribution in [0.4, 0.5) is 0 Å². The first-order valence-electron chi connectivity index (χ1n) is 9.23. The van der Waals surface area contributed by atoms with Crippen LogP contribution in [0.5, 0.6) is 11.5 Å². The summed E-state index contributed by atoms with van der Waals surface area (Å²) >= 11 is 0. The van der Waals surface area contributed by atoms with Gasteiger partial charge in [-0.2, -0.15) is 0 Å². The summed E-state index contributed by atoms with van der Waals surface area (Å²) in [5, 5.41) is 0. The van der Waals surface area contributed by atoms with Crippen molar-refractivity contribution in [3.63, 3.8) is 0 Å². The molecule has 1 atom stereocenters. The summed E-state index contributed by atoms with van der Waals surface area (Å²) < 4.78 is 16.3. The largest absolute Gasteiger partial charge is 0.493 e.